The number of para-hydroxylation sites is 2. The number of benzene rings is 1. The van der Waals surface area contributed by atoms with E-state index in [4.69, 9.17) is 0 Å². The molecule has 0 saturated heterocycles. The average molecular weight is 245 g/mol. The zero-order valence-electron chi connectivity index (χ0n) is 11.1. The minimum Gasteiger partial charge on any atom is -0.351 e. The van der Waals surface area contributed by atoms with E-state index in [-0.39, 0.29) is 11.4 Å². The summed E-state index contributed by atoms with van der Waals surface area (Å²) in [6, 6.07) is 7.94. The number of amides is 1. The Kier molecular flexibility index (Phi) is 3.36. The van der Waals surface area contributed by atoms with Gasteiger partial charge in [-0.15, -0.1) is 0 Å². The van der Waals surface area contributed by atoms with E-state index < -0.39 is 0 Å². The number of carbonyl (C=O) groups is 1. The van der Waals surface area contributed by atoms with Gasteiger partial charge in [-0.25, -0.2) is 4.98 Å². The van der Waals surface area contributed by atoms with Crippen LogP contribution in [0.4, 0.5) is 0 Å². The summed E-state index contributed by atoms with van der Waals surface area (Å²) < 4.78 is 2.01. The quantitative estimate of drug-likeness (QED) is 0.902. The summed E-state index contributed by atoms with van der Waals surface area (Å²) in [6.45, 7) is 6.61. The zero-order chi connectivity index (χ0) is 13.2. The second kappa shape index (κ2) is 4.80. The summed E-state index contributed by atoms with van der Waals surface area (Å²) in [7, 11) is 0. The monoisotopic (exact) mass is 245 g/mol. The Morgan fingerprint density at radius 1 is 1.33 bits per heavy atom. The fourth-order valence-electron chi connectivity index (χ4n) is 1.89. The normalized spacial score (nSPS) is 11.7. The third kappa shape index (κ3) is 3.09. The van der Waals surface area contributed by atoms with Crippen molar-refractivity contribution in [1.82, 2.24) is 14.9 Å². The van der Waals surface area contributed by atoms with Crippen molar-refractivity contribution in [3.8, 4) is 0 Å². The van der Waals surface area contributed by atoms with Crippen LogP contribution in [-0.2, 0) is 11.3 Å². The Morgan fingerprint density at radius 2 is 2.06 bits per heavy atom. The van der Waals surface area contributed by atoms with E-state index in [9.17, 15) is 4.79 Å². The molecule has 4 nitrogen and oxygen atoms in total. The van der Waals surface area contributed by atoms with Crippen LogP contribution in [-0.4, -0.2) is 21.0 Å². The van der Waals surface area contributed by atoms with E-state index in [1.807, 2.05) is 49.6 Å². The highest BCUT2D eigenvalue weighted by atomic mass is 16.1. The zero-order valence-corrected chi connectivity index (χ0v) is 11.1. The standard InChI is InChI=1S/C14H19N3O/c1-14(2,3)16-13(18)8-9-17-10-15-11-6-4-5-7-12(11)17/h4-7,10H,8-9H2,1-3H3,(H,16,18). The molecule has 0 bridgehead atoms. The van der Waals surface area contributed by atoms with Gasteiger partial charge in [-0.2, -0.15) is 0 Å². The molecule has 2 rings (SSSR count). The van der Waals surface area contributed by atoms with Gasteiger partial charge in [0.15, 0.2) is 0 Å². The number of hydrogen-bond acceptors (Lipinski definition) is 2. The van der Waals surface area contributed by atoms with Gasteiger partial charge in [0.05, 0.1) is 17.4 Å². The second-order valence-corrected chi connectivity index (χ2v) is 5.47. The van der Waals surface area contributed by atoms with Crippen molar-refractivity contribution >= 4 is 16.9 Å². The molecule has 0 aliphatic rings. The lowest BCUT2D eigenvalue weighted by Crippen LogP contribution is -2.40. The van der Waals surface area contributed by atoms with Gasteiger partial charge in [-0.1, -0.05) is 12.1 Å². The van der Waals surface area contributed by atoms with Gasteiger partial charge in [-0.05, 0) is 32.9 Å². The summed E-state index contributed by atoms with van der Waals surface area (Å²) in [5.74, 6) is 0.0697. The van der Waals surface area contributed by atoms with E-state index in [2.05, 4.69) is 10.3 Å². The number of rotatable bonds is 3. The minimum absolute atomic E-state index is 0.0697. The molecule has 1 N–H and O–H groups in total. The highest BCUT2D eigenvalue weighted by Gasteiger charge is 2.13. The molecule has 0 radical (unpaired) electrons. The van der Waals surface area contributed by atoms with Crippen LogP contribution in [0.2, 0.25) is 0 Å². The Hall–Kier alpha value is -1.84. The van der Waals surface area contributed by atoms with Crippen LogP contribution in [0.15, 0.2) is 30.6 Å². The molecule has 96 valence electrons. The fraction of sp³-hybridized carbons (Fsp3) is 0.429. The molecular formula is C14H19N3O. The van der Waals surface area contributed by atoms with Crippen molar-refractivity contribution < 1.29 is 4.79 Å². The third-order valence-corrected chi connectivity index (χ3v) is 2.62. The van der Waals surface area contributed by atoms with Crippen LogP contribution in [0.25, 0.3) is 11.0 Å². The number of aromatic nitrogens is 2. The molecule has 0 unspecified atom stereocenters. The van der Waals surface area contributed by atoms with Gasteiger partial charge in [0.25, 0.3) is 0 Å². The first-order chi connectivity index (χ1) is 8.46. The summed E-state index contributed by atoms with van der Waals surface area (Å²) in [6.07, 6.45) is 2.26. The van der Waals surface area contributed by atoms with Crippen LogP contribution in [0.5, 0.6) is 0 Å². The summed E-state index contributed by atoms with van der Waals surface area (Å²) in [5.41, 5.74) is 1.86. The molecule has 4 heteroatoms. The average Bonchev–Trinajstić information content (AvgIpc) is 2.67. The summed E-state index contributed by atoms with van der Waals surface area (Å²) in [5, 5.41) is 2.96. The molecule has 1 aromatic carbocycles. The van der Waals surface area contributed by atoms with Crippen molar-refractivity contribution in [3.05, 3.63) is 30.6 Å². The highest BCUT2D eigenvalue weighted by molar-refractivity contribution is 5.77. The van der Waals surface area contributed by atoms with E-state index in [1.165, 1.54) is 0 Å². The van der Waals surface area contributed by atoms with Crippen molar-refractivity contribution in [1.29, 1.82) is 0 Å². The van der Waals surface area contributed by atoms with Crippen molar-refractivity contribution in [2.24, 2.45) is 0 Å². The Morgan fingerprint density at radius 3 is 2.78 bits per heavy atom. The van der Waals surface area contributed by atoms with Crippen LogP contribution < -0.4 is 5.32 Å². The largest absolute Gasteiger partial charge is 0.351 e. The van der Waals surface area contributed by atoms with E-state index in [1.54, 1.807) is 6.33 Å². The van der Waals surface area contributed by atoms with E-state index in [0.29, 0.717) is 13.0 Å². The Labute approximate surface area is 107 Å². The number of fused-ring (bicyclic) bond motifs is 1. The van der Waals surface area contributed by atoms with Gasteiger partial charge in [0.1, 0.15) is 0 Å². The molecule has 2 aromatic rings. The first-order valence-corrected chi connectivity index (χ1v) is 6.16. The maximum Gasteiger partial charge on any atom is 0.222 e. The van der Waals surface area contributed by atoms with Crippen molar-refractivity contribution in [3.63, 3.8) is 0 Å². The molecule has 0 aliphatic heterocycles. The van der Waals surface area contributed by atoms with Gasteiger partial charge in [-0.3, -0.25) is 4.79 Å². The Balaban J connectivity index is 2.00. The molecule has 1 amide bonds. The number of imidazole rings is 1. The number of carbonyl (C=O) groups excluding carboxylic acids is 1. The van der Waals surface area contributed by atoms with Gasteiger partial charge >= 0.3 is 0 Å². The predicted octanol–water partition coefficient (Wildman–Crippen LogP) is 2.34. The summed E-state index contributed by atoms with van der Waals surface area (Å²) >= 11 is 0. The van der Waals surface area contributed by atoms with Gasteiger partial charge in [0, 0.05) is 18.5 Å². The third-order valence-electron chi connectivity index (χ3n) is 2.62. The van der Waals surface area contributed by atoms with Gasteiger partial charge < -0.3 is 9.88 Å². The molecular weight excluding hydrogens is 226 g/mol. The Bertz CT molecular complexity index is 551. The molecule has 0 aliphatic carbocycles. The fourth-order valence-corrected chi connectivity index (χ4v) is 1.89. The number of nitrogens with zero attached hydrogens (tertiary/aromatic N) is 2. The molecule has 0 saturated carbocycles. The van der Waals surface area contributed by atoms with Crippen LogP contribution in [0, 0.1) is 0 Å². The molecule has 0 atom stereocenters. The highest BCUT2D eigenvalue weighted by Crippen LogP contribution is 2.12. The lowest BCUT2D eigenvalue weighted by molar-refractivity contribution is -0.122. The van der Waals surface area contributed by atoms with Crippen LogP contribution in [0.3, 0.4) is 0 Å². The second-order valence-electron chi connectivity index (χ2n) is 5.47. The predicted molar refractivity (Wildman–Crippen MR) is 72.2 cm³/mol. The number of hydrogen-bond donors (Lipinski definition) is 1. The summed E-state index contributed by atoms with van der Waals surface area (Å²) in [4.78, 5) is 16.0. The lowest BCUT2D eigenvalue weighted by Gasteiger charge is -2.20. The van der Waals surface area contributed by atoms with Crippen LogP contribution >= 0.6 is 0 Å². The SMILES string of the molecule is CC(C)(C)NC(=O)CCn1cnc2ccccc21. The molecule has 1 heterocycles. The maximum absolute atomic E-state index is 11.7. The van der Waals surface area contributed by atoms with E-state index in [0.717, 1.165) is 11.0 Å². The van der Waals surface area contributed by atoms with Crippen molar-refractivity contribution in [2.45, 2.75) is 39.3 Å². The van der Waals surface area contributed by atoms with E-state index >= 15 is 0 Å². The van der Waals surface area contributed by atoms with Crippen LogP contribution in [0.1, 0.15) is 27.2 Å². The number of aryl methyl sites for hydroxylation is 1. The first kappa shape index (κ1) is 12.6. The smallest absolute Gasteiger partial charge is 0.222 e. The minimum atomic E-state index is -0.173. The topological polar surface area (TPSA) is 46.9 Å². The molecule has 1 aromatic heterocycles. The molecule has 0 fully saturated rings. The molecule has 0 spiro atoms. The van der Waals surface area contributed by atoms with Crippen molar-refractivity contribution in [2.75, 3.05) is 0 Å². The van der Waals surface area contributed by atoms with Gasteiger partial charge in [0.2, 0.25) is 5.91 Å². The maximum atomic E-state index is 11.7. The first-order valence-electron chi connectivity index (χ1n) is 6.16. The molecule has 18 heavy (non-hydrogen) atoms. The number of nitrogens with one attached hydrogen (secondary N) is 1. The lowest BCUT2D eigenvalue weighted by atomic mass is 10.1.